The van der Waals surface area contributed by atoms with Crippen molar-refractivity contribution in [2.45, 2.75) is 11.8 Å². The number of hydrogen-bond acceptors (Lipinski definition) is 6. The largest absolute Gasteiger partial charge is 0.494 e. The van der Waals surface area contributed by atoms with Crippen LogP contribution in [0.3, 0.4) is 0 Å². The summed E-state index contributed by atoms with van der Waals surface area (Å²) in [5, 5.41) is 6.06. The van der Waals surface area contributed by atoms with Crippen molar-refractivity contribution in [3.8, 4) is 17.0 Å². The molecule has 28 heavy (non-hydrogen) atoms. The van der Waals surface area contributed by atoms with Crippen LogP contribution in [-0.2, 0) is 10.0 Å². The number of nitrogens with zero attached hydrogens (tertiary/aromatic N) is 3. The second-order valence-corrected chi connectivity index (χ2v) is 8.29. The molecule has 0 atom stereocenters. The molecule has 2 aromatic carbocycles. The van der Waals surface area contributed by atoms with Gasteiger partial charge in [-0.3, -0.25) is 0 Å². The summed E-state index contributed by atoms with van der Waals surface area (Å²) in [4.78, 5) is 4.81. The molecule has 4 aromatic rings. The smallest absolute Gasteiger partial charge is 0.264 e. The van der Waals surface area contributed by atoms with E-state index in [9.17, 15) is 12.8 Å². The maximum atomic E-state index is 13.1. The van der Waals surface area contributed by atoms with Crippen molar-refractivity contribution in [3.05, 3.63) is 59.7 Å². The summed E-state index contributed by atoms with van der Waals surface area (Å²) in [7, 11) is -3.84. The Morgan fingerprint density at radius 3 is 2.54 bits per heavy atom. The van der Waals surface area contributed by atoms with Crippen molar-refractivity contribution < 1.29 is 17.5 Å². The van der Waals surface area contributed by atoms with Gasteiger partial charge in [-0.15, -0.1) is 16.4 Å². The number of halogens is 1. The highest BCUT2D eigenvalue weighted by atomic mass is 32.2. The van der Waals surface area contributed by atoms with Crippen LogP contribution in [0.4, 0.5) is 10.3 Å². The third kappa shape index (κ3) is 3.56. The van der Waals surface area contributed by atoms with Gasteiger partial charge in [0, 0.05) is 10.9 Å². The van der Waals surface area contributed by atoms with Gasteiger partial charge in [0.05, 0.1) is 17.2 Å². The third-order valence-corrected chi connectivity index (χ3v) is 6.05. The average molecular weight is 418 g/mol. The number of nitrogens with one attached hydrogen (secondary N) is 1. The van der Waals surface area contributed by atoms with E-state index in [2.05, 4.69) is 14.8 Å². The Labute approximate surface area is 164 Å². The summed E-state index contributed by atoms with van der Waals surface area (Å²) in [6, 6.07) is 12.0. The molecule has 0 aliphatic carbocycles. The zero-order valence-corrected chi connectivity index (χ0v) is 16.3. The fourth-order valence-corrected chi connectivity index (χ4v) is 4.37. The molecule has 0 amide bonds. The fraction of sp³-hybridized carbons (Fsp3) is 0.111. The van der Waals surface area contributed by atoms with Gasteiger partial charge in [-0.05, 0) is 55.5 Å². The molecule has 0 aliphatic heterocycles. The summed E-state index contributed by atoms with van der Waals surface area (Å²) in [5.41, 5.74) is 1.44. The molecular weight excluding hydrogens is 403 g/mol. The highest BCUT2D eigenvalue weighted by Gasteiger charge is 2.19. The molecule has 0 bridgehead atoms. The molecule has 2 aromatic heterocycles. The summed E-state index contributed by atoms with van der Waals surface area (Å²) in [5.74, 6) is 0.215. The minimum Gasteiger partial charge on any atom is -0.494 e. The molecule has 4 rings (SSSR count). The van der Waals surface area contributed by atoms with Crippen LogP contribution in [0.25, 0.3) is 16.2 Å². The van der Waals surface area contributed by atoms with Crippen LogP contribution in [0.5, 0.6) is 5.75 Å². The Hall–Kier alpha value is -2.98. The van der Waals surface area contributed by atoms with Crippen molar-refractivity contribution in [2.24, 2.45) is 0 Å². The second kappa shape index (κ2) is 7.21. The predicted molar refractivity (Wildman–Crippen MR) is 105 cm³/mol. The molecule has 0 spiro atoms. The molecule has 0 unspecified atom stereocenters. The lowest BCUT2D eigenvalue weighted by Crippen LogP contribution is -2.14. The van der Waals surface area contributed by atoms with Crippen LogP contribution < -0.4 is 9.46 Å². The lowest BCUT2D eigenvalue weighted by molar-refractivity contribution is 0.340. The molecule has 0 saturated heterocycles. The first-order valence-electron chi connectivity index (χ1n) is 8.32. The van der Waals surface area contributed by atoms with Gasteiger partial charge in [-0.2, -0.15) is 4.98 Å². The minimum absolute atomic E-state index is 0.0379. The Morgan fingerprint density at radius 2 is 1.86 bits per heavy atom. The Balaban J connectivity index is 1.62. The van der Waals surface area contributed by atoms with Gasteiger partial charge in [-0.25, -0.2) is 22.0 Å². The zero-order chi connectivity index (χ0) is 19.7. The SMILES string of the molecule is CCOc1ccc(S(=O)(=O)Nc2nc3scc(-c4ccc(F)cc4)n3n2)cc1. The number of sulfonamides is 1. The Kier molecular flexibility index (Phi) is 4.73. The number of thiazole rings is 1. The van der Waals surface area contributed by atoms with E-state index in [-0.39, 0.29) is 16.7 Å². The van der Waals surface area contributed by atoms with Gasteiger partial charge in [0.25, 0.3) is 16.0 Å². The number of anilines is 1. The molecule has 0 radical (unpaired) electrons. The number of ether oxygens (including phenoxy) is 1. The van der Waals surface area contributed by atoms with Crippen LogP contribution >= 0.6 is 11.3 Å². The summed E-state index contributed by atoms with van der Waals surface area (Å²) >= 11 is 1.31. The van der Waals surface area contributed by atoms with E-state index in [4.69, 9.17) is 4.74 Å². The highest BCUT2D eigenvalue weighted by molar-refractivity contribution is 7.92. The van der Waals surface area contributed by atoms with Gasteiger partial charge in [0.2, 0.25) is 4.96 Å². The lowest BCUT2D eigenvalue weighted by Gasteiger charge is -2.06. The molecular formula is C18H15FN4O3S2. The van der Waals surface area contributed by atoms with Crippen LogP contribution in [-0.4, -0.2) is 29.6 Å². The Bertz CT molecular complexity index is 1220. The van der Waals surface area contributed by atoms with Gasteiger partial charge in [-0.1, -0.05) is 0 Å². The first-order valence-corrected chi connectivity index (χ1v) is 10.7. The quantitative estimate of drug-likeness (QED) is 0.515. The van der Waals surface area contributed by atoms with Crippen LogP contribution in [0.15, 0.2) is 58.8 Å². The van der Waals surface area contributed by atoms with E-state index >= 15 is 0 Å². The second-order valence-electron chi connectivity index (χ2n) is 5.77. The summed E-state index contributed by atoms with van der Waals surface area (Å²) in [6.07, 6.45) is 0. The number of rotatable bonds is 6. The molecule has 0 fully saturated rings. The van der Waals surface area contributed by atoms with E-state index in [0.717, 1.165) is 5.56 Å². The zero-order valence-electron chi connectivity index (χ0n) is 14.7. The molecule has 144 valence electrons. The lowest BCUT2D eigenvalue weighted by atomic mass is 10.2. The topological polar surface area (TPSA) is 85.6 Å². The average Bonchev–Trinajstić information content (AvgIpc) is 3.23. The third-order valence-electron chi connectivity index (χ3n) is 3.89. The molecule has 2 heterocycles. The molecule has 0 saturated carbocycles. The first kappa shape index (κ1) is 18.4. The number of aromatic nitrogens is 3. The monoisotopic (exact) mass is 418 g/mol. The van der Waals surface area contributed by atoms with Crippen LogP contribution in [0, 0.1) is 5.82 Å². The highest BCUT2D eigenvalue weighted by Crippen LogP contribution is 2.26. The van der Waals surface area contributed by atoms with Gasteiger partial charge in [0.1, 0.15) is 11.6 Å². The molecule has 7 nitrogen and oxygen atoms in total. The number of hydrogen-bond donors (Lipinski definition) is 1. The molecule has 10 heteroatoms. The number of benzene rings is 2. The van der Waals surface area contributed by atoms with Crippen molar-refractivity contribution in [2.75, 3.05) is 11.3 Å². The van der Waals surface area contributed by atoms with E-state index in [0.29, 0.717) is 23.0 Å². The van der Waals surface area contributed by atoms with Gasteiger partial charge < -0.3 is 4.74 Å². The summed E-state index contributed by atoms with van der Waals surface area (Å²) < 4.78 is 47.5. The van der Waals surface area contributed by atoms with Gasteiger partial charge >= 0.3 is 0 Å². The number of fused-ring (bicyclic) bond motifs is 1. The van der Waals surface area contributed by atoms with E-state index in [1.54, 1.807) is 24.3 Å². The first-order chi connectivity index (χ1) is 13.5. The Morgan fingerprint density at radius 1 is 1.14 bits per heavy atom. The maximum Gasteiger partial charge on any atom is 0.264 e. The van der Waals surface area contributed by atoms with E-state index in [1.807, 2.05) is 12.3 Å². The predicted octanol–water partition coefficient (Wildman–Crippen LogP) is 3.80. The van der Waals surface area contributed by atoms with Gasteiger partial charge in [0.15, 0.2) is 0 Å². The van der Waals surface area contributed by atoms with Crippen molar-refractivity contribution >= 4 is 32.3 Å². The fourth-order valence-electron chi connectivity index (χ4n) is 2.60. The maximum absolute atomic E-state index is 13.1. The van der Waals surface area contributed by atoms with Crippen LogP contribution in [0.1, 0.15) is 6.92 Å². The molecule has 1 N–H and O–H groups in total. The standard InChI is InChI=1S/C18H15FN4O3S2/c1-2-26-14-7-9-15(10-8-14)28(24,25)22-17-20-18-23(21-17)16(11-27-18)12-3-5-13(19)6-4-12/h3-11H,2H2,1H3,(H,21,22). The summed E-state index contributed by atoms with van der Waals surface area (Å²) in [6.45, 7) is 2.35. The molecule has 0 aliphatic rings. The normalized spacial score (nSPS) is 11.6. The van der Waals surface area contributed by atoms with E-state index < -0.39 is 10.0 Å². The van der Waals surface area contributed by atoms with Crippen molar-refractivity contribution in [1.82, 2.24) is 14.6 Å². The van der Waals surface area contributed by atoms with E-state index in [1.165, 1.54) is 40.1 Å². The van der Waals surface area contributed by atoms with Crippen molar-refractivity contribution in [1.29, 1.82) is 0 Å². The van der Waals surface area contributed by atoms with Crippen molar-refractivity contribution in [3.63, 3.8) is 0 Å². The minimum atomic E-state index is -3.84. The van der Waals surface area contributed by atoms with Crippen LogP contribution in [0.2, 0.25) is 0 Å².